The zero-order valence-corrected chi connectivity index (χ0v) is 20.4. The third-order valence-electron chi connectivity index (χ3n) is 7.37. The third-order valence-corrected chi connectivity index (χ3v) is 8.30. The first-order valence-electron chi connectivity index (χ1n) is 12.2. The normalized spacial score (nSPS) is 18.6. The second kappa shape index (κ2) is 9.52. The number of thiophene rings is 1. The molecule has 1 saturated heterocycles. The van der Waals surface area contributed by atoms with Gasteiger partial charge in [0.05, 0.1) is 30.5 Å². The van der Waals surface area contributed by atoms with E-state index in [0.717, 1.165) is 67.0 Å². The van der Waals surface area contributed by atoms with Crippen LogP contribution in [0, 0.1) is 0 Å². The van der Waals surface area contributed by atoms with Gasteiger partial charge >= 0.3 is 0 Å². The lowest BCUT2D eigenvalue weighted by molar-refractivity contribution is -0.0361. The molecule has 0 bridgehead atoms. The minimum Gasteiger partial charge on any atom is -0.379 e. The topological polar surface area (TPSA) is 100 Å². The second-order valence-corrected chi connectivity index (χ2v) is 10.3. The zero-order valence-electron chi connectivity index (χ0n) is 19.6. The van der Waals surface area contributed by atoms with Crippen molar-refractivity contribution in [1.29, 1.82) is 0 Å². The highest BCUT2D eigenvalue weighted by atomic mass is 32.1. The molecule has 0 spiro atoms. The van der Waals surface area contributed by atoms with Crippen LogP contribution in [0.5, 0.6) is 0 Å². The van der Waals surface area contributed by atoms with E-state index in [4.69, 9.17) is 4.74 Å². The smallest absolute Gasteiger partial charge is 0.261 e. The summed E-state index contributed by atoms with van der Waals surface area (Å²) in [5.74, 6) is -0.00821. The van der Waals surface area contributed by atoms with Gasteiger partial charge in [-0.15, -0.1) is 11.3 Å². The lowest BCUT2D eigenvalue weighted by Gasteiger charge is -2.48. The maximum absolute atomic E-state index is 13.1. The first-order valence-corrected chi connectivity index (χ1v) is 13.1. The van der Waals surface area contributed by atoms with E-state index in [9.17, 15) is 4.79 Å². The number of fused-ring (bicyclic) bond motifs is 1. The van der Waals surface area contributed by atoms with Gasteiger partial charge in [0.25, 0.3) is 5.91 Å². The van der Waals surface area contributed by atoms with Crippen molar-refractivity contribution in [1.82, 2.24) is 35.0 Å². The molecule has 2 aliphatic rings. The fourth-order valence-corrected chi connectivity index (χ4v) is 6.24. The number of aromatic nitrogens is 5. The van der Waals surface area contributed by atoms with E-state index in [-0.39, 0.29) is 11.4 Å². The van der Waals surface area contributed by atoms with Crippen molar-refractivity contribution in [2.24, 2.45) is 0 Å². The van der Waals surface area contributed by atoms with Crippen LogP contribution < -0.4 is 5.32 Å². The average molecular weight is 492 g/mol. The number of hydrogen-bond acceptors (Lipinski definition) is 7. The summed E-state index contributed by atoms with van der Waals surface area (Å²) in [4.78, 5) is 21.0. The van der Waals surface area contributed by atoms with E-state index in [1.807, 2.05) is 30.0 Å². The number of aromatic amines is 1. The van der Waals surface area contributed by atoms with E-state index >= 15 is 0 Å². The van der Waals surface area contributed by atoms with Crippen LogP contribution in [0.3, 0.4) is 0 Å². The fraction of sp³-hybridized carbons (Fsp3) is 0.440. The standard InChI is InChI=1S/C25H29N7O2S/c33-24(27-17-25(4-2-1-3-5-25)31-6-8-34-9-7-31)22-10-18(16-35-22)21-14-30-32-15-20(11-26-23(21)32)19-12-28-29-13-19/h10-16H,1-9,17H2,(H,27,33)(H,28,29). The molecule has 5 heterocycles. The number of carbonyl (C=O) groups excluding carboxylic acids is 1. The van der Waals surface area contributed by atoms with Crippen LogP contribution in [-0.4, -0.2) is 74.0 Å². The molecular formula is C25H29N7O2S. The molecule has 2 fully saturated rings. The number of amides is 1. The van der Waals surface area contributed by atoms with Gasteiger partial charge in [0.15, 0.2) is 5.65 Å². The summed E-state index contributed by atoms with van der Waals surface area (Å²) in [6.45, 7) is 4.14. The monoisotopic (exact) mass is 491 g/mol. The van der Waals surface area contributed by atoms with Gasteiger partial charge in [-0.1, -0.05) is 19.3 Å². The Balaban J connectivity index is 1.18. The van der Waals surface area contributed by atoms with Crippen molar-refractivity contribution in [3.05, 3.63) is 47.3 Å². The molecule has 35 heavy (non-hydrogen) atoms. The molecule has 1 amide bonds. The lowest BCUT2D eigenvalue weighted by atomic mass is 9.79. The Morgan fingerprint density at radius 1 is 1.11 bits per heavy atom. The van der Waals surface area contributed by atoms with Gasteiger partial charge in [0, 0.05) is 60.5 Å². The number of ether oxygens (including phenoxy) is 1. The fourth-order valence-electron chi connectivity index (χ4n) is 5.42. The lowest BCUT2D eigenvalue weighted by Crippen LogP contribution is -2.59. The summed E-state index contributed by atoms with van der Waals surface area (Å²) in [5.41, 5.74) is 4.57. The highest BCUT2D eigenvalue weighted by Crippen LogP contribution is 2.34. The molecular weight excluding hydrogens is 462 g/mol. The Hall–Kier alpha value is -3.08. The van der Waals surface area contributed by atoms with Gasteiger partial charge in [-0.05, 0) is 29.9 Å². The second-order valence-electron chi connectivity index (χ2n) is 9.42. The molecule has 2 N–H and O–H groups in total. The SMILES string of the molecule is O=C(NCC1(N2CCOCC2)CCCCC1)c1cc(-c2cnn3cc(-c4cn[nH]c4)cnc23)cs1. The Morgan fingerprint density at radius 3 is 2.77 bits per heavy atom. The highest BCUT2D eigenvalue weighted by Gasteiger charge is 2.39. The van der Waals surface area contributed by atoms with Crippen molar-refractivity contribution in [3.63, 3.8) is 0 Å². The van der Waals surface area contributed by atoms with Crippen LogP contribution in [0.1, 0.15) is 41.8 Å². The first kappa shape index (κ1) is 22.4. The van der Waals surface area contributed by atoms with Crippen LogP contribution in [0.2, 0.25) is 0 Å². The van der Waals surface area contributed by atoms with E-state index in [1.165, 1.54) is 30.6 Å². The van der Waals surface area contributed by atoms with Gasteiger partial charge in [0.2, 0.25) is 0 Å². The van der Waals surface area contributed by atoms with Crippen molar-refractivity contribution < 1.29 is 9.53 Å². The number of rotatable bonds is 6. The van der Waals surface area contributed by atoms with E-state index in [1.54, 1.807) is 16.9 Å². The van der Waals surface area contributed by atoms with Crippen LogP contribution >= 0.6 is 11.3 Å². The average Bonchev–Trinajstić information content (AvgIpc) is 3.69. The maximum Gasteiger partial charge on any atom is 0.261 e. The Morgan fingerprint density at radius 2 is 1.97 bits per heavy atom. The highest BCUT2D eigenvalue weighted by molar-refractivity contribution is 7.12. The molecule has 0 unspecified atom stereocenters. The molecule has 1 saturated carbocycles. The largest absolute Gasteiger partial charge is 0.379 e. The summed E-state index contributed by atoms with van der Waals surface area (Å²) < 4.78 is 7.35. The number of nitrogens with one attached hydrogen (secondary N) is 2. The number of hydrogen-bond donors (Lipinski definition) is 2. The number of H-pyrrole nitrogens is 1. The van der Waals surface area contributed by atoms with Crippen molar-refractivity contribution in [2.45, 2.75) is 37.6 Å². The zero-order chi connectivity index (χ0) is 23.7. The third kappa shape index (κ3) is 4.37. The molecule has 0 atom stereocenters. The van der Waals surface area contributed by atoms with E-state index in [2.05, 4.69) is 30.5 Å². The Labute approximate surface area is 207 Å². The molecule has 4 aromatic heterocycles. The molecule has 0 aromatic carbocycles. The van der Waals surface area contributed by atoms with Gasteiger partial charge in [-0.3, -0.25) is 14.8 Å². The van der Waals surface area contributed by atoms with E-state index in [0.29, 0.717) is 11.4 Å². The molecule has 182 valence electrons. The van der Waals surface area contributed by atoms with Crippen molar-refractivity contribution >= 4 is 22.9 Å². The summed E-state index contributed by atoms with van der Waals surface area (Å²) >= 11 is 1.46. The molecule has 10 heteroatoms. The molecule has 0 radical (unpaired) electrons. The van der Waals surface area contributed by atoms with Crippen LogP contribution in [-0.2, 0) is 4.74 Å². The predicted octanol–water partition coefficient (Wildman–Crippen LogP) is 3.61. The minimum absolute atomic E-state index is 0.00821. The molecule has 4 aromatic rings. The van der Waals surface area contributed by atoms with Crippen LogP contribution in [0.4, 0.5) is 0 Å². The van der Waals surface area contributed by atoms with Gasteiger partial charge in [-0.2, -0.15) is 10.2 Å². The maximum atomic E-state index is 13.1. The van der Waals surface area contributed by atoms with Gasteiger partial charge in [0.1, 0.15) is 0 Å². The molecule has 9 nitrogen and oxygen atoms in total. The summed E-state index contributed by atoms with van der Waals surface area (Å²) in [6, 6.07) is 1.95. The summed E-state index contributed by atoms with van der Waals surface area (Å²) in [5, 5.41) is 16.6. The Kier molecular flexibility index (Phi) is 6.09. The quantitative estimate of drug-likeness (QED) is 0.427. The Bertz CT molecular complexity index is 1300. The summed E-state index contributed by atoms with van der Waals surface area (Å²) in [6.07, 6.45) is 15.1. The van der Waals surface area contributed by atoms with Crippen LogP contribution in [0.25, 0.3) is 27.9 Å². The van der Waals surface area contributed by atoms with Crippen LogP contribution in [0.15, 0.2) is 42.4 Å². The molecule has 1 aliphatic heterocycles. The van der Waals surface area contributed by atoms with Gasteiger partial charge < -0.3 is 10.1 Å². The van der Waals surface area contributed by atoms with Crippen molar-refractivity contribution in [2.75, 3.05) is 32.8 Å². The number of nitrogens with zero attached hydrogens (tertiary/aromatic N) is 5. The molecule has 1 aliphatic carbocycles. The predicted molar refractivity (Wildman–Crippen MR) is 134 cm³/mol. The molecule has 6 rings (SSSR count). The number of carbonyl (C=O) groups is 1. The minimum atomic E-state index is -0.00821. The van der Waals surface area contributed by atoms with Gasteiger partial charge in [-0.25, -0.2) is 9.50 Å². The first-order chi connectivity index (χ1) is 17.2. The van der Waals surface area contributed by atoms with Crippen molar-refractivity contribution in [3.8, 4) is 22.3 Å². The van der Waals surface area contributed by atoms with E-state index < -0.39 is 0 Å². The number of morpholine rings is 1. The summed E-state index contributed by atoms with van der Waals surface area (Å²) in [7, 11) is 0.